The molecule has 1 aromatic heterocycles. The molecule has 172 valence electrons. The molecule has 0 amide bonds. The number of benzene rings is 1. The van der Waals surface area contributed by atoms with Crippen molar-refractivity contribution in [1.29, 1.82) is 0 Å². The molecule has 0 spiro atoms. The summed E-state index contributed by atoms with van der Waals surface area (Å²) in [7, 11) is 1.88. The first-order chi connectivity index (χ1) is 15.7. The summed E-state index contributed by atoms with van der Waals surface area (Å²) in [4.78, 5) is 13.8. The molecular formula is C25H36N6O. The van der Waals surface area contributed by atoms with Gasteiger partial charge in [0.1, 0.15) is 5.82 Å². The number of aliphatic imine (C=N–C) groups is 1. The number of piperazine rings is 1. The van der Waals surface area contributed by atoms with Crippen LogP contribution in [0.25, 0.3) is 0 Å². The van der Waals surface area contributed by atoms with Gasteiger partial charge in [0, 0.05) is 70.8 Å². The van der Waals surface area contributed by atoms with Gasteiger partial charge in [-0.25, -0.2) is 4.98 Å². The minimum atomic E-state index is -0.0147. The zero-order chi connectivity index (χ0) is 22.2. The van der Waals surface area contributed by atoms with Gasteiger partial charge >= 0.3 is 0 Å². The zero-order valence-corrected chi connectivity index (χ0v) is 19.3. The second-order valence-corrected chi connectivity index (χ2v) is 8.73. The van der Waals surface area contributed by atoms with Gasteiger partial charge in [-0.15, -0.1) is 0 Å². The van der Waals surface area contributed by atoms with Crippen LogP contribution < -0.4 is 15.5 Å². The number of pyridine rings is 1. The van der Waals surface area contributed by atoms with Gasteiger partial charge in [-0.05, 0) is 37.5 Å². The fourth-order valence-electron chi connectivity index (χ4n) is 4.69. The summed E-state index contributed by atoms with van der Waals surface area (Å²) < 4.78 is 5.70. The van der Waals surface area contributed by atoms with Crippen molar-refractivity contribution < 1.29 is 4.74 Å². The van der Waals surface area contributed by atoms with Gasteiger partial charge in [0.15, 0.2) is 5.96 Å². The molecule has 0 aliphatic carbocycles. The number of nitrogens with one attached hydrogen (secondary N) is 2. The SMILES string of the molecule is CN=C(NCC1(NC(C)c2ccccc2)CCOCC1)N1CCN(c2ccccn2)CC1. The van der Waals surface area contributed by atoms with Crippen LogP contribution in [-0.2, 0) is 4.74 Å². The Hall–Kier alpha value is -2.64. The number of anilines is 1. The molecule has 1 aromatic carbocycles. The molecule has 32 heavy (non-hydrogen) atoms. The van der Waals surface area contributed by atoms with Crippen LogP contribution in [0.1, 0.15) is 31.4 Å². The van der Waals surface area contributed by atoms with Crippen molar-refractivity contribution >= 4 is 11.8 Å². The molecule has 7 nitrogen and oxygen atoms in total. The number of aromatic nitrogens is 1. The summed E-state index contributed by atoms with van der Waals surface area (Å²) >= 11 is 0. The quantitative estimate of drug-likeness (QED) is 0.536. The summed E-state index contributed by atoms with van der Waals surface area (Å²) in [5, 5.41) is 7.61. The summed E-state index contributed by atoms with van der Waals surface area (Å²) in [6, 6.07) is 17.0. The fraction of sp³-hybridized carbons (Fsp3) is 0.520. The Labute approximate surface area is 191 Å². The molecule has 2 aromatic rings. The van der Waals surface area contributed by atoms with Crippen LogP contribution in [0.15, 0.2) is 59.7 Å². The van der Waals surface area contributed by atoms with Crippen molar-refractivity contribution in [3.8, 4) is 0 Å². The van der Waals surface area contributed by atoms with E-state index in [-0.39, 0.29) is 11.6 Å². The molecule has 0 saturated carbocycles. The van der Waals surface area contributed by atoms with Gasteiger partial charge in [0.25, 0.3) is 0 Å². The van der Waals surface area contributed by atoms with E-state index in [1.165, 1.54) is 5.56 Å². The largest absolute Gasteiger partial charge is 0.381 e. The van der Waals surface area contributed by atoms with Crippen molar-refractivity contribution in [3.63, 3.8) is 0 Å². The van der Waals surface area contributed by atoms with E-state index in [0.717, 1.165) is 70.6 Å². The average molecular weight is 437 g/mol. The molecule has 3 heterocycles. The van der Waals surface area contributed by atoms with Crippen molar-refractivity contribution in [2.24, 2.45) is 4.99 Å². The maximum atomic E-state index is 5.70. The van der Waals surface area contributed by atoms with E-state index in [1.54, 1.807) is 0 Å². The molecule has 0 radical (unpaired) electrons. The maximum absolute atomic E-state index is 5.70. The smallest absolute Gasteiger partial charge is 0.193 e. The highest BCUT2D eigenvalue weighted by atomic mass is 16.5. The van der Waals surface area contributed by atoms with E-state index in [2.05, 4.69) is 73.7 Å². The number of ether oxygens (including phenoxy) is 1. The molecule has 1 atom stereocenters. The number of nitrogens with zero attached hydrogens (tertiary/aromatic N) is 4. The van der Waals surface area contributed by atoms with E-state index < -0.39 is 0 Å². The molecule has 2 saturated heterocycles. The Morgan fingerprint density at radius 3 is 2.44 bits per heavy atom. The lowest BCUT2D eigenvalue weighted by atomic mass is 9.88. The third-order valence-corrected chi connectivity index (χ3v) is 6.62. The summed E-state index contributed by atoms with van der Waals surface area (Å²) in [6.07, 6.45) is 3.84. The van der Waals surface area contributed by atoms with Crippen molar-refractivity contribution in [1.82, 2.24) is 20.5 Å². The fourth-order valence-corrected chi connectivity index (χ4v) is 4.69. The minimum Gasteiger partial charge on any atom is -0.381 e. The van der Waals surface area contributed by atoms with E-state index >= 15 is 0 Å². The van der Waals surface area contributed by atoms with E-state index in [0.29, 0.717) is 0 Å². The Morgan fingerprint density at radius 2 is 1.78 bits per heavy atom. The monoisotopic (exact) mass is 436 g/mol. The lowest BCUT2D eigenvalue weighted by Gasteiger charge is -2.42. The van der Waals surface area contributed by atoms with Crippen LogP contribution in [0.4, 0.5) is 5.82 Å². The molecule has 2 aliphatic rings. The van der Waals surface area contributed by atoms with Crippen molar-refractivity contribution in [2.45, 2.75) is 31.3 Å². The molecule has 2 fully saturated rings. The Bertz CT molecular complexity index is 845. The highest BCUT2D eigenvalue weighted by Crippen LogP contribution is 2.25. The third kappa shape index (κ3) is 5.58. The number of hydrogen-bond donors (Lipinski definition) is 2. The average Bonchev–Trinajstić information content (AvgIpc) is 2.86. The predicted molar refractivity (Wildman–Crippen MR) is 130 cm³/mol. The van der Waals surface area contributed by atoms with Gasteiger partial charge in [-0.3, -0.25) is 4.99 Å². The Morgan fingerprint density at radius 1 is 1.06 bits per heavy atom. The lowest BCUT2D eigenvalue weighted by molar-refractivity contribution is 0.0352. The standard InChI is InChI=1S/C25H36N6O/c1-21(22-8-4-3-5-9-22)29-25(11-18-32-19-12-25)20-28-24(26-2)31-16-14-30(15-17-31)23-10-6-7-13-27-23/h3-10,13,21,29H,11-12,14-20H2,1-2H3,(H,26,28). The van der Waals surface area contributed by atoms with Gasteiger partial charge in [-0.2, -0.15) is 0 Å². The van der Waals surface area contributed by atoms with E-state index in [4.69, 9.17) is 4.74 Å². The molecule has 1 unspecified atom stereocenters. The first kappa shape index (κ1) is 22.6. The van der Waals surface area contributed by atoms with Crippen molar-refractivity contribution in [2.75, 3.05) is 57.9 Å². The second kappa shape index (κ2) is 10.8. The molecule has 4 rings (SSSR count). The van der Waals surface area contributed by atoms with Crippen LogP contribution in [0.3, 0.4) is 0 Å². The van der Waals surface area contributed by atoms with E-state index in [9.17, 15) is 0 Å². The highest BCUT2D eigenvalue weighted by Gasteiger charge is 2.34. The molecule has 0 bridgehead atoms. The number of hydrogen-bond acceptors (Lipinski definition) is 5. The van der Waals surface area contributed by atoms with Gasteiger partial charge in [0.2, 0.25) is 0 Å². The summed E-state index contributed by atoms with van der Waals surface area (Å²) in [5.41, 5.74) is 1.30. The Kier molecular flexibility index (Phi) is 7.60. The van der Waals surface area contributed by atoms with Crippen LogP contribution in [0, 0.1) is 0 Å². The normalized spacial score (nSPS) is 20.1. The molecular weight excluding hydrogens is 400 g/mol. The first-order valence-electron chi connectivity index (χ1n) is 11.7. The van der Waals surface area contributed by atoms with Crippen LogP contribution >= 0.6 is 0 Å². The van der Waals surface area contributed by atoms with E-state index in [1.807, 2.05) is 25.4 Å². The third-order valence-electron chi connectivity index (χ3n) is 6.62. The summed E-state index contributed by atoms with van der Waals surface area (Å²) in [5.74, 6) is 2.03. The number of guanidine groups is 1. The first-order valence-corrected chi connectivity index (χ1v) is 11.7. The topological polar surface area (TPSA) is 65.0 Å². The summed E-state index contributed by atoms with van der Waals surface area (Å²) in [6.45, 7) is 8.41. The van der Waals surface area contributed by atoms with Crippen molar-refractivity contribution in [3.05, 3.63) is 60.3 Å². The molecule has 2 aliphatic heterocycles. The van der Waals surface area contributed by atoms with Crippen LogP contribution in [-0.4, -0.2) is 74.4 Å². The zero-order valence-electron chi connectivity index (χ0n) is 19.3. The highest BCUT2D eigenvalue weighted by molar-refractivity contribution is 5.80. The lowest BCUT2D eigenvalue weighted by Crippen LogP contribution is -2.60. The van der Waals surface area contributed by atoms with Gasteiger partial charge in [-0.1, -0.05) is 36.4 Å². The molecule has 2 N–H and O–H groups in total. The maximum Gasteiger partial charge on any atom is 0.193 e. The minimum absolute atomic E-state index is 0.0147. The Balaban J connectivity index is 1.35. The number of rotatable bonds is 6. The molecule has 7 heteroatoms. The van der Waals surface area contributed by atoms with Crippen LogP contribution in [0.2, 0.25) is 0 Å². The van der Waals surface area contributed by atoms with Gasteiger partial charge < -0.3 is 25.2 Å². The second-order valence-electron chi connectivity index (χ2n) is 8.73. The van der Waals surface area contributed by atoms with Crippen LogP contribution in [0.5, 0.6) is 0 Å². The predicted octanol–water partition coefficient (Wildman–Crippen LogP) is 2.68. The van der Waals surface area contributed by atoms with Gasteiger partial charge in [0.05, 0.1) is 0 Å².